The number of hydrogen-bond acceptors (Lipinski definition) is 5. The Kier molecular flexibility index (Phi) is 8.11. The molecule has 2 aromatic carbocycles. The van der Waals surface area contributed by atoms with Crippen LogP contribution in [0.1, 0.15) is 56.0 Å². The van der Waals surface area contributed by atoms with E-state index < -0.39 is 0 Å². The average molecular weight is 440 g/mol. The molecule has 3 rings (SSSR count). The molecule has 1 heterocycles. The molecule has 0 unspecified atom stereocenters. The van der Waals surface area contributed by atoms with Crippen molar-refractivity contribution in [3.05, 3.63) is 53.6 Å². The van der Waals surface area contributed by atoms with E-state index in [9.17, 15) is 9.59 Å². The summed E-state index contributed by atoms with van der Waals surface area (Å²) in [6, 6.07) is 13.5. The molecule has 0 aliphatic carbocycles. The number of carbonyl (C=O) groups is 2. The number of nitrogens with one attached hydrogen (secondary N) is 1. The van der Waals surface area contributed by atoms with Crippen LogP contribution in [0.2, 0.25) is 0 Å². The number of benzene rings is 2. The number of anilines is 2. The summed E-state index contributed by atoms with van der Waals surface area (Å²) in [5.41, 5.74) is 2.67. The van der Waals surface area contributed by atoms with E-state index in [2.05, 4.69) is 5.32 Å². The Morgan fingerprint density at radius 1 is 1.22 bits per heavy atom. The quantitative estimate of drug-likeness (QED) is 0.559. The van der Waals surface area contributed by atoms with Crippen LogP contribution >= 0.6 is 0 Å². The minimum absolute atomic E-state index is 0.0565. The maximum atomic E-state index is 13.2. The number of rotatable bonds is 10. The van der Waals surface area contributed by atoms with E-state index in [0.29, 0.717) is 48.7 Å². The van der Waals surface area contributed by atoms with Gasteiger partial charge in [-0.25, -0.2) is 5.06 Å². The van der Waals surface area contributed by atoms with Crippen LogP contribution in [0.5, 0.6) is 5.75 Å². The van der Waals surface area contributed by atoms with E-state index in [1.165, 1.54) is 0 Å². The first kappa shape index (κ1) is 23.6. The van der Waals surface area contributed by atoms with Crippen molar-refractivity contribution < 1.29 is 19.2 Å². The molecule has 7 heteroatoms. The molecular weight excluding hydrogens is 406 g/mol. The van der Waals surface area contributed by atoms with Crippen LogP contribution in [0, 0.1) is 0 Å². The smallest absolute Gasteiger partial charge is 0.253 e. The zero-order chi connectivity index (χ0) is 23.1. The van der Waals surface area contributed by atoms with E-state index in [-0.39, 0.29) is 17.9 Å². The maximum Gasteiger partial charge on any atom is 0.253 e. The van der Waals surface area contributed by atoms with E-state index in [1.807, 2.05) is 57.2 Å². The van der Waals surface area contributed by atoms with Gasteiger partial charge in [0.2, 0.25) is 5.91 Å². The van der Waals surface area contributed by atoms with Crippen molar-refractivity contribution in [3.63, 3.8) is 0 Å². The first-order valence-electron chi connectivity index (χ1n) is 11.2. The summed E-state index contributed by atoms with van der Waals surface area (Å²) in [5.74, 6) is 0.344. The molecule has 2 amide bonds. The molecule has 0 spiro atoms. The van der Waals surface area contributed by atoms with E-state index in [1.54, 1.807) is 23.1 Å². The second kappa shape index (κ2) is 11.0. The lowest BCUT2D eigenvalue weighted by Crippen LogP contribution is -2.31. The molecule has 1 aliphatic rings. The van der Waals surface area contributed by atoms with Crippen LogP contribution in [0.3, 0.4) is 0 Å². The summed E-state index contributed by atoms with van der Waals surface area (Å²) in [7, 11) is 1.58. The Morgan fingerprint density at radius 2 is 1.97 bits per heavy atom. The molecule has 1 saturated heterocycles. The van der Waals surface area contributed by atoms with Crippen molar-refractivity contribution in [2.24, 2.45) is 0 Å². The van der Waals surface area contributed by atoms with Gasteiger partial charge in [0.1, 0.15) is 11.4 Å². The third-order valence-corrected chi connectivity index (χ3v) is 5.23. The lowest BCUT2D eigenvalue weighted by molar-refractivity contribution is -0.117. The number of amides is 2. The zero-order valence-electron chi connectivity index (χ0n) is 19.4. The molecule has 32 heavy (non-hydrogen) atoms. The molecule has 0 radical (unpaired) electrons. The topological polar surface area (TPSA) is 71.1 Å². The highest BCUT2D eigenvalue weighted by atomic mass is 16.7. The summed E-state index contributed by atoms with van der Waals surface area (Å²) in [4.78, 5) is 33.1. The van der Waals surface area contributed by atoms with Gasteiger partial charge in [-0.15, -0.1) is 0 Å². The van der Waals surface area contributed by atoms with Crippen LogP contribution < -0.4 is 20.0 Å². The first-order valence-corrected chi connectivity index (χ1v) is 11.2. The van der Waals surface area contributed by atoms with Gasteiger partial charge in [-0.3, -0.25) is 14.4 Å². The monoisotopic (exact) mass is 439 g/mol. The lowest BCUT2D eigenvalue weighted by Gasteiger charge is -2.29. The Morgan fingerprint density at radius 3 is 2.56 bits per heavy atom. The molecule has 7 nitrogen and oxygen atoms in total. The number of ether oxygens (including phenoxy) is 1. The fraction of sp³-hybridized carbons (Fsp3) is 0.440. The number of nitrogens with zero attached hydrogens (tertiary/aromatic N) is 2. The van der Waals surface area contributed by atoms with Crippen LogP contribution in [0.4, 0.5) is 11.4 Å². The van der Waals surface area contributed by atoms with Crippen LogP contribution in [-0.2, 0) is 16.2 Å². The Hall–Kier alpha value is -3.06. The van der Waals surface area contributed by atoms with Gasteiger partial charge >= 0.3 is 0 Å². The van der Waals surface area contributed by atoms with Gasteiger partial charge < -0.3 is 15.0 Å². The molecule has 0 bridgehead atoms. The third kappa shape index (κ3) is 5.59. The number of hydrogen-bond donors (Lipinski definition) is 1. The van der Waals surface area contributed by atoms with Crippen molar-refractivity contribution in [2.75, 3.05) is 30.2 Å². The molecule has 0 aromatic heterocycles. The van der Waals surface area contributed by atoms with Crippen LogP contribution in [-0.4, -0.2) is 38.1 Å². The molecule has 172 valence electrons. The molecule has 1 fully saturated rings. The largest absolute Gasteiger partial charge is 0.489 e. The third-order valence-electron chi connectivity index (χ3n) is 5.23. The van der Waals surface area contributed by atoms with Gasteiger partial charge in [0.25, 0.3) is 5.91 Å². The fourth-order valence-electron chi connectivity index (χ4n) is 3.76. The predicted molar refractivity (Wildman–Crippen MR) is 126 cm³/mol. The van der Waals surface area contributed by atoms with Crippen LogP contribution in [0.25, 0.3) is 0 Å². The average Bonchev–Trinajstić information content (AvgIpc) is 3.21. The molecule has 0 saturated carbocycles. The van der Waals surface area contributed by atoms with E-state index >= 15 is 0 Å². The molecule has 1 N–H and O–H groups in total. The van der Waals surface area contributed by atoms with Gasteiger partial charge in [0, 0.05) is 31.3 Å². The van der Waals surface area contributed by atoms with Gasteiger partial charge in [-0.1, -0.05) is 37.3 Å². The Labute approximate surface area is 190 Å². The highest BCUT2D eigenvalue weighted by Crippen LogP contribution is 2.39. The highest BCUT2D eigenvalue weighted by molar-refractivity contribution is 6.04. The molecule has 2 aromatic rings. The van der Waals surface area contributed by atoms with Crippen molar-refractivity contribution in [1.82, 2.24) is 5.32 Å². The van der Waals surface area contributed by atoms with Crippen molar-refractivity contribution >= 4 is 23.2 Å². The minimum atomic E-state index is -0.223. The number of hydroxylamine groups is 1. The zero-order valence-corrected chi connectivity index (χ0v) is 19.4. The molecular formula is C25H33N3O4. The second-order valence-corrected chi connectivity index (χ2v) is 8.12. The van der Waals surface area contributed by atoms with E-state index in [4.69, 9.17) is 9.57 Å². The van der Waals surface area contributed by atoms with Crippen LogP contribution in [0.15, 0.2) is 42.5 Å². The second-order valence-electron chi connectivity index (χ2n) is 8.12. The van der Waals surface area contributed by atoms with Crippen molar-refractivity contribution in [1.29, 1.82) is 0 Å². The Bertz CT molecular complexity index is 930. The fourth-order valence-corrected chi connectivity index (χ4v) is 3.76. The van der Waals surface area contributed by atoms with Crippen molar-refractivity contribution in [3.8, 4) is 5.75 Å². The highest BCUT2D eigenvalue weighted by Gasteiger charge is 2.28. The molecule has 0 atom stereocenters. The summed E-state index contributed by atoms with van der Waals surface area (Å²) in [5, 5.41) is 4.63. The summed E-state index contributed by atoms with van der Waals surface area (Å²) >= 11 is 0. The van der Waals surface area contributed by atoms with Gasteiger partial charge in [-0.05, 0) is 38.3 Å². The summed E-state index contributed by atoms with van der Waals surface area (Å²) in [6.45, 7) is 7.49. The first-order chi connectivity index (χ1) is 15.4. The Balaban J connectivity index is 2.13. The predicted octanol–water partition coefficient (Wildman–Crippen LogP) is 4.31. The van der Waals surface area contributed by atoms with Gasteiger partial charge in [0.15, 0.2) is 0 Å². The lowest BCUT2D eigenvalue weighted by atomic mass is 10.1. The summed E-state index contributed by atoms with van der Waals surface area (Å²) in [6.07, 6.45) is 2.01. The SMILES string of the molecule is CCCNC(=O)c1cc(N2CCCC2=O)cc(OC(C)C)c1N(Cc1ccccc1)OC. The van der Waals surface area contributed by atoms with E-state index in [0.717, 1.165) is 18.4 Å². The maximum absolute atomic E-state index is 13.2. The molecule has 1 aliphatic heterocycles. The van der Waals surface area contributed by atoms with Gasteiger partial charge in [-0.2, -0.15) is 0 Å². The summed E-state index contributed by atoms with van der Waals surface area (Å²) < 4.78 is 6.16. The normalized spacial score (nSPS) is 13.5. The standard InChI is InChI=1S/C25H33N3O4/c1-5-13-26-25(30)21-15-20(27-14-9-12-23(27)29)16-22(32-18(2)3)24(21)28(31-4)17-19-10-7-6-8-11-19/h6-8,10-11,15-16,18H,5,9,12-14,17H2,1-4H3,(H,26,30). The minimum Gasteiger partial charge on any atom is -0.489 e. The van der Waals surface area contributed by atoms with Crippen molar-refractivity contribution in [2.45, 2.75) is 52.7 Å². The van der Waals surface area contributed by atoms with Gasteiger partial charge in [0.05, 0.1) is 25.3 Å². The number of carbonyl (C=O) groups excluding carboxylic acids is 2.